The zero-order chi connectivity index (χ0) is 12.0. The number of rotatable bonds is 4. The summed E-state index contributed by atoms with van der Waals surface area (Å²) in [6.45, 7) is 6.83. The van der Waals surface area contributed by atoms with Crippen LogP contribution in [-0.2, 0) is 0 Å². The molecule has 1 rings (SSSR count). The molecule has 0 atom stereocenters. The highest BCUT2D eigenvalue weighted by Crippen LogP contribution is 2.18. The summed E-state index contributed by atoms with van der Waals surface area (Å²) in [7, 11) is 0. The Labute approximate surface area is 102 Å². The van der Waals surface area contributed by atoms with Gasteiger partial charge in [0.1, 0.15) is 5.75 Å². The zero-order valence-corrected chi connectivity index (χ0v) is 10.7. The summed E-state index contributed by atoms with van der Waals surface area (Å²) in [6.07, 6.45) is 0.177. The monoisotopic (exact) mass is 238 g/mol. The van der Waals surface area contributed by atoms with Gasteiger partial charge >= 0.3 is 0 Å². The smallest absolute Gasteiger partial charge is 0.170 e. The summed E-state index contributed by atoms with van der Waals surface area (Å²) in [5, 5.41) is 6.76. The van der Waals surface area contributed by atoms with Crippen LogP contribution in [0.1, 0.15) is 20.8 Å². The number of hydrogen-bond donors (Lipinski definition) is 2. The molecule has 0 saturated heterocycles. The summed E-state index contributed by atoms with van der Waals surface area (Å²) < 4.78 is 5.59. The molecule has 0 unspecified atom stereocenters. The van der Waals surface area contributed by atoms with Crippen molar-refractivity contribution in [3.8, 4) is 5.75 Å². The van der Waals surface area contributed by atoms with Crippen molar-refractivity contribution in [2.75, 3.05) is 11.9 Å². The lowest BCUT2D eigenvalue weighted by Crippen LogP contribution is -2.27. The van der Waals surface area contributed by atoms with Crippen molar-refractivity contribution >= 4 is 23.0 Å². The van der Waals surface area contributed by atoms with Crippen molar-refractivity contribution in [2.45, 2.75) is 26.9 Å². The maximum Gasteiger partial charge on any atom is 0.170 e. The van der Waals surface area contributed by atoms with Gasteiger partial charge in [0.05, 0.1) is 6.10 Å². The predicted molar refractivity (Wildman–Crippen MR) is 72.1 cm³/mol. The fraction of sp³-hybridized carbons (Fsp3) is 0.417. The first-order valence-electron chi connectivity index (χ1n) is 5.43. The van der Waals surface area contributed by atoms with Crippen molar-refractivity contribution < 1.29 is 4.74 Å². The van der Waals surface area contributed by atoms with E-state index in [1.54, 1.807) is 0 Å². The molecule has 2 N–H and O–H groups in total. The fourth-order valence-corrected chi connectivity index (χ4v) is 1.52. The SMILES string of the molecule is CCNC(=S)Nc1cccc(OC(C)C)c1. The Kier molecular flexibility index (Phi) is 5.05. The highest BCUT2D eigenvalue weighted by Gasteiger charge is 2.00. The molecular formula is C12H18N2OS. The van der Waals surface area contributed by atoms with Crippen molar-refractivity contribution in [2.24, 2.45) is 0 Å². The van der Waals surface area contributed by atoms with E-state index in [2.05, 4.69) is 10.6 Å². The molecule has 1 aromatic rings. The van der Waals surface area contributed by atoms with Gasteiger partial charge < -0.3 is 15.4 Å². The minimum absolute atomic E-state index is 0.177. The molecule has 0 spiro atoms. The van der Waals surface area contributed by atoms with Crippen LogP contribution in [0, 0.1) is 0 Å². The molecule has 0 aliphatic rings. The van der Waals surface area contributed by atoms with Gasteiger partial charge in [0.2, 0.25) is 0 Å². The Hall–Kier alpha value is -1.29. The topological polar surface area (TPSA) is 33.3 Å². The minimum Gasteiger partial charge on any atom is -0.491 e. The average Bonchev–Trinajstić information content (AvgIpc) is 2.17. The molecule has 1 aromatic carbocycles. The van der Waals surface area contributed by atoms with Crippen LogP contribution < -0.4 is 15.4 Å². The molecule has 0 bridgehead atoms. The molecule has 0 heterocycles. The van der Waals surface area contributed by atoms with Gasteiger partial charge in [0, 0.05) is 18.3 Å². The summed E-state index contributed by atoms with van der Waals surface area (Å²) >= 11 is 5.10. The Bertz CT molecular complexity index is 353. The molecule has 16 heavy (non-hydrogen) atoms. The number of ether oxygens (including phenoxy) is 1. The fourth-order valence-electron chi connectivity index (χ4n) is 1.26. The van der Waals surface area contributed by atoms with Crippen LogP contribution in [-0.4, -0.2) is 17.8 Å². The summed E-state index contributed by atoms with van der Waals surface area (Å²) in [5.41, 5.74) is 0.934. The molecule has 3 nitrogen and oxygen atoms in total. The van der Waals surface area contributed by atoms with E-state index in [4.69, 9.17) is 17.0 Å². The lowest BCUT2D eigenvalue weighted by Gasteiger charge is -2.12. The normalized spacial score (nSPS) is 10.0. The zero-order valence-electron chi connectivity index (χ0n) is 9.91. The second-order valence-corrected chi connectivity index (χ2v) is 4.09. The van der Waals surface area contributed by atoms with Gasteiger partial charge in [-0.1, -0.05) is 6.07 Å². The average molecular weight is 238 g/mol. The molecule has 0 saturated carbocycles. The van der Waals surface area contributed by atoms with Crippen LogP contribution >= 0.6 is 12.2 Å². The lowest BCUT2D eigenvalue weighted by molar-refractivity contribution is 0.242. The molecule has 0 aromatic heterocycles. The second kappa shape index (κ2) is 6.33. The Balaban J connectivity index is 2.63. The van der Waals surface area contributed by atoms with E-state index in [0.29, 0.717) is 5.11 Å². The maximum atomic E-state index is 5.59. The molecular weight excluding hydrogens is 220 g/mol. The molecule has 0 aliphatic heterocycles. The van der Waals surface area contributed by atoms with Gasteiger partial charge in [0.15, 0.2) is 5.11 Å². The minimum atomic E-state index is 0.177. The predicted octanol–water partition coefficient (Wildman–Crippen LogP) is 2.78. The number of anilines is 1. The third-order valence-corrected chi connectivity index (χ3v) is 2.05. The second-order valence-electron chi connectivity index (χ2n) is 3.68. The number of hydrogen-bond acceptors (Lipinski definition) is 2. The van der Waals surface area contributed by atoms with Crippen LogP contribution in [0.15, 0.2) is 24.3 Å². The van der Waals surface area contributed by atoms with Crippen molar-refractivity contribution in [1.29, 1.82) is 0 Å². The van der Waals surface area contributed by atoms with Gasteiger partial charge in [-0.05, 0) is 45.1 Å². The largest absolute Gasteiger partial charge is 0.491 e. The van der Waals surface area contributed by atoms with Gasteiger partial charge in [-0.2, -0.15) is 0 Å². The maximum absolute atomic E-state index is 5.59. The molecule has 0 radical (unpaired) electrons. The van der Waals surface area contributed by atoms with Gasteiger partial charge in [-0.15, -0.1) is 0 Å². The van der Waals surface area contributed by atoms with E-state index in [1.807, 2.05) is 45.0 Å². The van der Waals surface area contributed by atoms with Gasteiger partial charge in [-0.25, -0.2) is 0 Å². The third-order valence-electron chi connectivity index (χ3n) is 1.80. The van der Waals surface area contributed by atoms with Crippen LogP contribution in [0.25, 0.3) is 0 Å². The van der Waals surface area contributed by atoms with Crippen LogP contribution in [0.3, 0.4) is 0 Å². The van der Waals surface area contributed by atoms with Crippen molar-refractivity contribution in [3.05, 3.63) is 24.3 Å². The molecule has 88 valence electrons. The molecule has 0 amide bonds. The van der Waals surface area contributed by atoms with E-state index in [-0.39, 0.29) is 6.10 Å². The quantitative estimate of drug-likeness (QED) is 0.790. The van der Waals surface area contributed by atoms with E-state index < -0.39 is 0 Å². The molecule has 4 heteroatoms. The van der Waals surface area contributed by atoms with Crippen LogP contribution in [0.5, 0.6) is 5.75 Å². The molecule has 0 aliphatic carbocycles. The summed E-state index contributed by atoms with van der Waals surface area (Å²) in [4.78, 5) is 0. The van der Waals surface area contributed by atoms with Crippen molar-refractivity contribution in [1.82, 2.24) is 5.32 Å². The Morgan fingerprint density at radius 1 is 1.44 bits per heavy atom. The number of thiocarbonyl (C=S) groups is 1. The van der Waals surface area contributed by atoms with Crippen molar-refractivity contribution in [3.63, 3.8) is 0 Å². The summed E-state index contributed by atoms with van der Waals surface area (Å²) in [6, 6.07) is 7.76. The Morgan fingerprint density at radius 3 is 2.81 bits per heavy atom. The summed E-state index contributed by atoms with van der Waals surface area (Å²) in [5.74, 6) is 0.847. The van der Waals surface area contributed by atoms with Crippen LogP contribution in [0.4, 0.5) is 5.69 Å². The first-order valence-corrected chi connectivity index (χ1v) is 5.84. The third kappa shape index (κ3) is 4.49. The number of benzene rings is 1. The highest BCUT2D eigenvalue weighted by molar-refractivity contribution is 7.80. The molecule has 0 fully saturated rings. The number of nitrogens with one attached hydrogen (secondary N) is 2. The van der Waals surface area contributed by atoms with Gasteiger partial charge in [-0.3, -0.25) is 0 Å². The van der Waals surface area contributed by atoms with Crippen LogP contribution in [0.2, 0.25) is 0 Å². The standard InChI is InChI=1S/C12H18N2OS/c1-4-13-12(16)14-10-6-5-7-11(8-10)15-9(2)3/h5-9H,4H2,1-3H3,(H2,13,14,16). The first kappa shape index (κ1) is 12.8. The Morgan fingerprint density at radius 2 is 2.19 bits per heavy atom. The van der Waals surface area contributed by atoms with E-state index in [0.717, 1.165) is 18.0 Å². The van der Waals surface area contributed by atoms with Gasteiger partial charge in [0.25, 0.3) is 0 Å². The highest BCUT2D eigenvalue weighted by atomic mass is 32.1. The first-order chi connectivity index (χ1) is 7.61. The van der Waals surface area contributed by atoms with E-state index in [1.165, 1.54) is 0 Å². The van der Waals surface area contributed by atoms with E-state index in [9.17, 15) is 0 Å². The van der Waals surface area contributed by atoms with E-state index >= 15 is 0 Å². The lowest BCUT2D eigenvalue weighted by atomic mass is 10.3.